The quantitative estimate of drug-likeness (QED) is 0.475. The predicted molar refractivity (Wildman–Crippen MR) is 41.1 cm³/mol. The molecule has 0 unspecified atom stereocenters. The Kier molecular flexibility index (Phi) is 5.52. The Morgan fingerprint density at radius 1 is 1.22 bits per heavy atom. The fourth-order valence-corrected chi connectivity index (χ4v) is 0. The Morgan fingerprint density at radius 3 is 1.33 bits per heavy atom. The number of hydrogen-bond acceptors (Lipinski definition) is 1. The maximum absolute atomic E-state index is 7.23. The Labute approximate surface area is 80.8 Å². The average molecular weight is 222 g/mol. The second kappa shape index (κ2) is 3.78. The van der Waals surface area contributed by atoms with Crippen molar-refractivity contribution >= 4 is 28.2 Å². The van der Waals surface area contributed by atoms with Crippen LogP contribution in [-0.4, -0.2) is 5.16 Å². The first-order valence-electron chi connectivity index (χ1n) is 2.29. The van der Waals surface area contributed by atoms with Crippen molar-refractivity contribution in [2.24, 2.45) is 0 Å². The van der Waals surface area contributed by atoms with Crippen LogP contribution in [0.4, 0.5) is 0 Å². The molecule has 0 aliphatic heterocycles. The zero-order valence-electron chi connectivity index (χ0n) is 5.70. The molecule has 0 saturated heterocycles. The van der Waals surface area contributed by atoms with E-state index in [1.807, 2.05) is 20.8 Å². The van der Waals surface area contributed by atoms with Crippen molar-refractivity contribution < 1.29 is 21.7 Å². The maximum atomic E-state index is 7.23. The smallest absolute Gasteiger partial charge is 0.139 e. The normalized spacial score (nSPS) is 12.6. The van der Waals surface area contributed by atoms with Crippen LogP contribution in [0.3, 0.4) is 0 Å². The third kappa shape index (κ3) is 4.87. The van der Waals surface area contributed by atoms with E-state index in [9.17, 15) is 0 Å². The van der Waals surface area contributed by atoms with Crippen molar-refractivity contribution in [3.8, 4) is 0 Å². The minimum absolute atomic E-state index is 0. The van der Waals surface area contributed by atoms with E-state index in [4.69, 9.17) is 27.6 Å². The molecule has 0 amide bonds. The van der Waals surface area contributed by atoms with Gasteiger partial charge in [-0.2, -0.15) is 0 Å². The Hall–Kier alpha value is 1.52. The number of nitrogens with one attached hydrogen (secondary N) is 1. The van der Waals surface area contributed by atoms with E-state index >= 15 is 0 Å². The van der Waals surface area contributed by atoms with E-state index in [1.54, 1.807) is 0 Å². The summed E-state index contributed by atoms with van der Waals surface area (Å²) in [5, 5.41) is 6.97. The van der Waals surface area contributed by atoms with Gasteiger partial charge < -0.3 is 0 Å². The molecule has 1 N–H and O–H groups in total. The number of hydrogen-bond donors (Lipinski definition) is 1. The summed E-state index contributed by atoms with van der Waals surface area (Å²) in [5.41, 5.74) is 0. The molecule has 5 heteroatoms. The van der Waals surface area contributed by atoms with Crippen LogP contribution < -0.4 is 0 Å². The molecule has 0 aromatic carbocycles. The van der Waals surface area contributed by atoms with Gasteiger partial charge in [-0.05, 0) is 0 Å². The molecule has 0 aliphatic rings. The molecule has 0 spiro atoms. The first kappa shape index (κ1) is 13.1. The summed E-state index contributed by atoms with van der Waals surface area (Å²) < 4.78 is 0. The third-order valence-corrected chi connectivity index (χ3v) is 5.57. The van der Waals surface area contributed by atoms with E-state index < -0.39 is 5.76 Å². The molecule has 0 atom stereocenters. The molecule has 0 heterocycles. The average Bonchev–Trinajstić information content (AvgIpc) is 1.25. The summed E-state index contributed by atoms with van der Waals surface area (Å²) in [6.07, 6.45) is 0. The molecule has 0 rings (SSSR count). The largest absolute Gasteiger partial charge is 0.289 e. The van der Waals surface area contributed by atoms with E-state index in [0.717, 1.165) is 0 Å². The molecule has 1 nitrogen and oxygen atoms in total. The SMILES string of the molecule is CC(C)(C)P(=N)(Cl)Cl.[Ti]. The van der Waals surface area contributed by atoms with E-state index in [-0.39, 0.29) is 26.9 Å². The second-order valence-electron chi connectivity index (χ2n) is 2.68. The first-order valence-corrected chi connectivity index (χ1v) is 5.88. The zero-order valence-corrected chi connectivity index (χ0v) is 9.67. The van der Waals surface area contributed by atoms with E-state index in [2.05, 4.69) is 0 Å². The summed E-state index contributed by atoms with van der Waals surface area (Å²) in [7, 11) is 0. The van der Waals surface area contributed by atoms with Crippen molar-refractivity contribution in [3.05, 3.63) is 0 Å². The monoisotopic (exact) mass is 221 g/mol. The van der Waals surface area contributed by atoms with Crippen molar-refractivity contribution in [1.82, 2.24) is 0 Å². The van der Waals surface area contributed by atoms with Crippen LogP contribution in [0.2, 0.25) is 0 Å². The van der Waals surface area contributed by atoms with Crippen LogP contribution in [0, 0.1) is 5.16 Å². The van der Waals surface area contributed by atoms with Crippen LogP contribution in [-0.2, 0) is 21.7 Å². The Morgan fingerprint density at radius 2 is 1.33 bits per heavy atom. The first-order chi connectivity index (χ1) is 3.25. The van der Waals surface area contributed by atoms with Gasteiger partial charge in [0.05, 0.1) is 0 Å². The molecule has 0 bridgehead atoms. The van der Waals surface area contributed by atoms with Crippen LogP contribution in [0.15, 0.2) is 0 Å². The van der Waals surface area contributed by atoms with Crippen molar-refractivity contribution in [3.63, 3.8) is 0 Å². The summed E-state index contributed by atoms with van der Waals surface area (Å²) in [5.74, 6) is -2.41. The van der Waals surface area contributed by atoms with Gasteiger partial charge in [0, 0.05) is 26.9 Å². The van der Waals surface area contributed by atoms with Gasteiger partial charge in [-0.1, -0.05) is 43.3 Å². The molecule has 0 radical (unpaired) electrons. The molecule has 0 aromatic rings. The molecular weight excluding hydrogens is 212 g/mol. The number of rotatable bonds is 0. The molecular formula is C4H10Cl2NPTi. The van der Waals surface area contributed by atoms with Crippen molar-refractivity contribution in [1.29, 1.82) is 5.16 Å². The molecule has 0 aliphatic carbocycles. The minimum Gasteiger partial charge on any atom is -0.289 e. The standard InChI is InChI=1S/C4H10Cl2NP.Ti/c1-4(2,3)8(5,6)7;/h7H,1-3H3;. The van der Waals surface area contributed by atoms with Gasteiger partial charge >= 0.3 is 0 Å². The van der Waals surface area contributed by atoms with Crippen molar-refractivity contribution in [2.75, 3.05) is 0 Å². The van der Waals surface area contributed by atoms with Crippen LogP contribution in [0.1, 0.15) is 20.8 Å². The van der Waals surface area contributed by atoms with Crippen LogP contribution >= 0.6 is 28.2 Å². The van der Waals surface area contributed by atoms with Gasteiger partial charge in [0.2, 0.25) is 0 Å². The molecule has 0 saturated carbocycles. The third-order valence-electron chi connectivity index (χ3n) is 0.843. The fourth-order valence-electron chi connectivity index (χ4n) is 0. The summed E-state index contributed by atoms with van der Waals surface area (Å²) in [4.78, 5) is 0. The summed E-state index contributed by atoms with van der Waals surface area (Å²) in [6.45, 7) is 5.61. The van der Waals surface area contributed by atoms with Gasteiger partial charge in [0.15, 0.2) is 0 Å². The van der Waals surface area contributed by atoms with E-state index in [0.29, 0.717) is 0 Å². The molecule has 54 valence electrons. The van der Waals surface area contributed by atoms with Crippen molar-refractivity contribution in [2.45, 2.75) is 25.9 Å². The molecule has 9 heavy (non-hydrogen) atoms. The van der Waals surface area contributed by atoms with Gasteiger partial charge in [0.1, 0.15) is 5.76 Å². The summed E-state index contributed by atoms with van der Waals surface area (Å²) >= 11 is 11.1. The Balaban J connectivity index is 0. The van der Waals surface area contributed by atoms with Gasteiger partial charge in [-0.3, -0.25) is 5.16 Å². The molecule has 0 fully saturated rings. The maximum Gasteiger partial charge on any atom is 0.139 e. The predicted octanol–water partition coefficient (Wildman–Crippen LogP) is 3.87. The summed E-state index contributed by atoms with van der Waals surface area (Å²) in [6, 6.07) is 0. The Bertz CT molecular complexity index is 125. The van der Waals surface area contributed by atoms with E-state index in [1.165, 1.54) is 0 Å². The zero-order chi connectivity index (χ0) is 7.00. The van der Waals surface area contributed by atoms with Gasteiger partial charge in [-0.15, -0.1) is 0 Å². The van der Waals surface area contributed by atoms with Gasteiger partial charge in [-0.25, -0.2) is 0 Å². The van der Waals surface area contributed by atoms with Crippen LogP contribution in [0.25, 0.3) is 0 Å². The minimum atomic E-state index is -2.41. The number of halogens is 2. The topological polar surface area (TPSA) is 23.9 Å². The molecule has 0 aromatic heterocycles. The second-order valence-corrected chi connectivity index (χ2v) is 8.62. The fraction of sp³-hybridized carbons (Fsp3) is 1.00. The van der Waals surface area contributed by atoms with Gasteiger partial charge in [0.25, 0.3) is 0 Å². The van der Waals surface area contributed by atoms with Crippen LogP contribution in [0.5, 0.6) is 0 Å².